The number of nitrogens with zero attached hydrogens (tertiary/aromatic N) is 1. The van der Waals surface area contributed by atoms with Crippen molar-refractivity contribution < 1.29 is 19.4 Å². The van der Waals surface area contributed by atoms with Crippen molar-refractivity contribution in [3.63, 3.8) is 0 Å². The minimum atomic E-state index is -0.737. The number of ether oxygens (including phenoxy) is 1. The number of hydrogen-bond acceptors (Lipinski definition) is 5. The van der Waals surface area contributed by atoms with Crippen LogP contribution >= 0.6 is 11.6 Å². The number of phenolic OH excluding ortho intramolecular Hbond substituents is 1. The van der Waals surface area contributed by atoms with Crippen LogP contribution in [0.1, 0.15) is 45.0 Å². The predicted molar refractivity (Wildman–Crippen MR) is 127 cm³/mol. The molecule has 3 heterocycles. The summed E-state index contributed by atoms with van der Waals surface area (Å²) in [6, 6.07) is 17.0. The first-order valence-electron chi connectivity index (χ1n) is 10.9. The Morgan fingerprint density at radius 3 is 2.65 bits per heavy atom. The van der Waals surface area contributed by atoms with Crippen molar-refractivity contribution in [2.75, 3.05) is 0 Å². The summed E-state index contributed by atoms with van der Waals surface area (Å²) in [5.41, 5.74) is 2.92. The minimum absolute atomic E-state index is 0.0664. The van der Waals surface area contributed by atoms with Crippen LogP contribution in [0.3, 0.4) is 0 Å². The van der Waals surface area contributed by atoms with E-state index in [1.54, 1.807) is 34.9 Å². The fraction of sp³-hybridized carbons (Fsp3) is 0.148. The maximum absolute atomic E-state index is 13.5. The van der Waals surface area contributed by atoms with Crippen LogP contribution in [0.2, 0.25) is 5.02 Å². The van der Waals surface area contributed by atoms with Crippen molar-refractivity contribution in [2.45, 2.75) is 25.3 Å². The third-order valence-electron chi connectivity index (χ3n) is 6.68. The van der Waals surface area contributed by atoms with Gasteiger partial charge >= 0.3 is 5.97 Å². The smallest absolute Gasteiger partial charge is 0.312 e. The number of fused-ring (bicyclic) bond motifs is 1. The zero-order valence-corrected chi connectivity index (χ0v) is 18.6. The van der Waals surface area contributed by atoms with E-state index in [0.717, 1.165) is 22.9 Å². The van der Waals surface area contributed by atoms with E-state index in [1.165, 1.54) is 12.1 Å². The van der Waals surface area contributed by atoms with Crippen LogP contribution in [-0.4, -0.2) is 21.4 Å². The van der Waals surface area contributed by atoms with Gasteiger partial charge in [0.1, 0.15) is 11.5 Å². The van der Waals surface area contributed by atoms with Crippen LogP contribution in [0.4, 0.5) is 0 Å². The molecule has 0 spiro atoms. The summed E-state index contributed by atoms with van der Waals surface area (Å²) in [4.78, 5) is 39.1. The third kappa shape index (κ3) is 3.06. The molecule has 2 aliphatic rings. The van der Waals surface area contributed by atoms with Crippen molar-refractivity contribution in [3.8, 4) is 11.5 Å². The Morgan fingerprint density at radius 1 is 1.06 bits per heavy atom. The van der Waals surface area contributed by atoms with Gasteiger partial charge in [-0.3, -0.25) is 14.4 Å². The molecule has 0 radical (unpaired) electrons. The number of halogens is 1. The number of aryl methyl sites for hydroxylation is 2. The Morgan fingerprint density at radius 2 is 1.85 bits per heavy atom. The quantitative estimate of drug-likeness (QED) is 0.268. The Labute approximate surface area is 199 Å². The van der Waals surface area contributed by atoms with Gasteiger partial charge in [-0.25, -0.2) is 0 Å². The first-order valence-corrected chi connectivity index (χ1v) is 11.3. The van der Waals surface area contributed by atoms with E-state index < -0.39 is 17.7 Å². The summed E-state index contributed by atoms with van der Waals surface area (Å²) in [7, 11) is 0. The molecular weight excluding hydrogens is 454 g/mol. The van der Waals surface area contributed by atoms with E-state index in [0.29, 0.717) is 22.7 Å². The lowest BCUT2D eigenvalue weighted by molar-refractivity contribution is -0.135. The van der Waals surface area contributed by atoms with Crippen molar-refractivity contribution in [1.82, 2.24) is 4.57 Å². The number of benzene rings is 3. The highest BCUT2D eigenvalue weighted by Crippen LogP contribution is 2.45. The highest BCUT2D eigenvalue weighted by atomic mass is 35.5. The highest BCUT2D eigenvalue weighted by molar-refractivity contribution is 6.30. The number of carbonyl (C=O) groups is 2. The second-order valence-electron chi connectivity index (χ2n) is 8.60. The largest absolute Gasteiger partial charge is 0.507 e. The number of rotatable bonds is 3. The van der Waals surface area contributed by atoms with Gasteiger partial charge in [0.15, 0.2) is 5.78 Å². The van der Waals surface area contributed by atoms with Crippen molar-refractivity contribution in [2.24, 2.45) is 0 Å². The van der Waals surface area contributed by atoms with E-state index in [1.807, 2.05) is 18.2 Å². The molecule has 6 rings (SSSR count). The average molecular weight is 472 g/mol. The van der Waals surface area contributed by atoms with Gasteiger partial charge in [-0.1, -0.05) is 29.8 Å². The minimum Gasteiger partial charge on any atom is -0.507 e. The molecule has 34 heavy (non-hydrogen) atoms. The average Bonchev–Trinajstić information content (AvgIpc) is 3.27. The maximum Gasteiger partial charge on any atom is 0.312 e. The number of ketones is 1. The van der Waals surface area contributed by atoms with Crippen LogP contribution in [0.25, 0.3) is 10.9 Å². The molecular formula is C27H18ClNO5. The normalized spacial score (nSPS) is 16.4. The molecule has 1 aromatic heterocycles. The fourth-order valence-corrected chi connectivity index (χ4v) is 5.22. The molecule has 1 atom stereocenters. The molecule has 2 aliphatic heterocycles. The molecule has 0 aliphatic carbocycles. The van der Waals surface area contributed by atoms with Crippen LogP contribution in [0.15, 0.2) is 65.5 Å². The van der Waals surface area contributed by atoms with Crippen LogP contribution in [-0.2, 0) is 17.8 Å². The Hall–Kier alpha value is -3.90. The first-order chi connectivity index (χ1) is 16.4. The predicted octanol–water partition coefficient (Wildman–Crippen LogP) is 4.59. The highest BCUT2D eigenvalue weighted by Gasteiger charge is 2.35. The summed E-state index contributed by atoms with van der Waals surface area (Å²) >= 11 is 5.93. The summed E-state index contributed by atoms with van der Waals surface area (Å²) in [5.74, 6) is -1.76. The van der Waals surface area contributed by atoms with E-state index in [2.05, 4.69) is 0 Å². The second-order valence-corrected chi connectivity index (χ2v) is 9.04. The Balaban J connectivity index is 1.54. The lowest BCUT2D eigenvalue weighted by Crippen LogP contribution is -2.29. The van der Waals surface area contributed by atoms with Crippen LogP contribution < -0.4 is 10.3 Å². The van der Waals surface area contributed by atoms with Gasteiger partial charge in [0.25, 0.3) is 5.56 Å². The summed E-state index contributed by atoms with van der Waals surface area (Å²) in [5, 5.41) is 12.6. The molecule has 3 aromatic carbocycles. The van der Waals surface area contributed by atoms with Crippen molar-refractivity contribution >= 4 is 34.3 Å². The van der Waals surface area contributed by atoms with Gasteiger partial charge in [-0.2, -0.15) is 0 Å². The number of carbonyl (C=O) groups excluding carboxylic acids is 2. The fourth-order valence-electron chi connectivity index (χ4n) is 5.09. The van der Waals surface area contributed by atoms with Crippen molar-refractivity contribution in [3.05, 3.63) is 104 Å². The lowest BCUT2D eigenvalue weighted by atomic mass is 9.84. The molecule has 0 saturated carbocycles. The molecule has 6 nitrogen and oxygen atoms in total. The van der Waals surface area contributed by atoms with E-state index in [4.69, 9.17) is 16.3 Å². The Kier molecular flexibility index (Phi) is 4.61. The number of aromatic nitrogens is 1. The lowest BCUT2D eigenvalue weighted by Gasteiger charge is -2.26. The van der Waals surface area contributed by atoms with Gasteiger partial charge in [0.05, 0.1) is 17.5 Å². The zero-order valence-electron chi connectivity index (χ0n) is 17.9. The second kappa shape index (κ2) is 7.57. The molecule has 0 fully saturated rings. The van der Waals surface area contributed by atoms with E-state index in [9.17, 15) is 19.5 Å². The van der Waals surface area contributed by atoms with Crippen LogP contribution in [0.5, 0.6) is 11.5 Å². The molecule has 168 valence electrons. The summed E-state index contributed by atoms with van der Waals surface area (Å²) in [6.45, 7) is 0.563. The molecule has 1 N–H and O–H groups in total. The number of pyridine rings is 1. The molecule has 0 amide bonds. The van der Waals surface area contributed by atoms with E-state index >= 15 is 0 Å². The van der Waals surface area contributed by atoms with Gasteiger partial charge in [-0.05, 0) is 59.8 Å². The molecule has 7 heteroatoms. The number of esters is 1. The summed E-state index contributed by atoms with van der Waals surface area (Å²) in [6.07, 6.45) is 0.657. The molecule has 4 aromatic rings. The summed E-state index contributed by atoms with van der Waals surface area (Å²) < 4.78 is 7.11. The number of phenols is 1. The molecule has 0 bridgehead atoms. The molecule has 1 unspecified atom stereocenters. The number of hydrogen-bond donors (Lipinski definition) is 1. The van der Waals surface area contributed by atoms with Crippen LogP contribution in [0, 0.1) is 0 Å². The van der Waals surface area contributed by atoms with Gasteiger partial charge < -0.3 is 14.4 Å². The number of aromatic hydroxyl groups is 1. The first kappa shape index (κ1) is 20.7. The monoisotopic (exact) mass is 471 g/mol. The Bertz CT molecular complexity index is 1590. The van der Waals surface area contributed by atoms with E-state index in [-0.39, 0.29) is 34.6 Å². The third-order valence-corrected chi connectivity index (χ3v) is 6.93. The topological polar surface area (TPSA) is 85.6 Å². The SMILES string of the molecule is O=C1CC(c2cc3cccc4c3n(c2=O)CC4)c2c(ccc(C(=O)c3ccc(Cl)cc3)c2O)O1. The van der Waals surface area contributed by atoms with Gasteiger partial charge in [0, 0.05) is 34.2 Å². The van der Waals surface area contributed by atoms with Gasteiger partial charge in [0.2, 0.25) is 0 Å². The zero-order chi connectivity index (χ0) is 23.6. The maximum atomic E-state index is 13.5. The standard InChI is InChI=1S/C27H18ClNO5/c28-17-6-4-15(5-7-17)25(31)18-8-9-21-23(26(18)32)19(13-22(30)34-21)20-12-16-3-1-2-14-10-11-29(24(14)16)27(20)33/h1-9,12,19,32H,10-11,13H2. The number of para-hydroxylation sites is 1. The van der Waals surface area contributed by atoms with Crippen molar-refractivity contribution in [1.29, 1.82) is 0 Å². The van der Waals surface area contributed by atoms with Gasteiger partial charge in [-0.15, -0.1) is 0 Å². The molecule has 0 saturated heterocycles.